The molecule has 1 fully saturated rings. The molecule has 1 N–H and O–H groups in total. The van der Waals surface area contributed by atoms with Gasteiger partial charge in [-0.1, -0.05) is 0 Å². The van der Waals surface area contributed by atoms with Crippen LogP contribution in [0.15, 0.2) is 12.1 Å². The molecule has 0 radical (unpaired) electrons. The number of rotatable bonds is 5. The second-order valence-corrected chi connectivity index (χ2v) is 4.57. The summed E-state index contributed by atoms with van der Waals surface area (Å²) in [5, 5.41) is 8.80. The number of aliphatic hydroxyl groups is 1. The number of benzene rings is 1. The number of halogens is 2. The minimum Gasteiger partial charge on any atom is -0.478 e. The summed E-state index contributed by atoms with van der Waals surface area (Å²) < 4.78 is 31.9. The molecule has 0 spiro atoms. The van der Waals surface area contributed by atoms with Gasteiger partial charge in [-0.25, -0.2) is 8.78 Å². The molecule has 0 aliphatic heterocycles. The standard InChI is InChI=1S/C13H15F2NO3/c1-16(9-2-3-9)12(18)7-19-13-10(14)4-8(6-17)5-11(13)15/h4-5,9,17H,2-3,6-7H2,1H3. The predicted molar refractivity (Wildman–Crippen MR) is 63.6 cm³/mol. The van der Waals surface area contributed by atoms with Gasteiger partial charge >= 0.3 is 0 Å². The number of carbonyl (C=O) groups is 1. The van der Waals surface area contributed by atoms with E-state index < -0.39 is 30.6 Å². The smallest absolute Gasteiger partial charge is 0.260 e. The maximum absolute atomic E-state index is 13.5. The van der Waals surface area contributed by atoms with Crippen LogP contribution in [-0.2, 0) is 11.4 Å². The Morgan fingerprint density at radius 2 is 2.00 bits per heavy atom. The third-order valence-corrected chi connectivity index (χ3v) is 3.07. The van der Waals surface area contributed by atoms with E-state index in [0.29, 0.717) is 0 Å². The van der Waals surface area contributed by atoms with Crippen LogP contribution in [0.4, 0.5) is 8.78 Å². The minimum atomic E-state index is -0.925. The topological polar surface area (TPSA) is 49.8 Å². The van der Waals surface area contributed by atoms with Gasteiger partial charge < -0.3 is 14.7 Å². The largest absolute Gasteiger partial charge is 0.478 e. The fourth-order valence-electron chi connectivity index (χ4n) is 1.74. The van der Waals surface area contributed by atoms with Crippen molar-refractivity contribution in [2.45, 2.75) is 25.5 Å². The average Bonchev–Trinajstić information content (AvgIpc) is 3.20. The molecule has 0 unspecified atom stereocenters. The van der Waals surface area contributed by atoms with Gasteiger partial charge in [-0.15, -0.1) is 0 Å². The maximum Gasteiger partial charge on any atom is 0.260 e. The van der Waals surface area contributed by atoms with Crippen molar-refractivity contribution in [2.75, 3.05) is 13.7 Å². The number of carbonyl (C=O) groups excluding carboxylic acids is 1. The number of aliphatic hydroxyl groups excluding tert-OH is 1. The summed E-state index contributed by atoms with van der Waals surface area (Å²) >= 11 is 0. The highest BCUT2D eigenvalue weighted by Crippen LogP contribution is 2.26. The molecule has 2 rings (SSSR count). The lowest BCUT2D eigenvalue weighted by Crippen LogP contribution is -2.33. The predicted octanol–water partition coefficient (Wildman–Crippen LogP) is 1.46. The van der Waals surface area contributed by atoms with E-state index >= 15 is 0 Å². The number of hydrogen-bond donors (Lipinski definition) is 1. The molecule has 0 heterocycles. The van der Waals surface area contributed by atoms with E-state index in [1.165, 1.54) is 4.90 Å². The first-order valence-electron chi connectivity index (χ1n) is 6.00. The third-order valence-electron chi connectivity index (χ3n) is 3.07. The van der Waals surface area contributed by atoms with Crippen LogP contribution in [0.25, 0.3) is 0 Å². The number of ether oxygens (including phenoxy) is 1. The zero-order chi connectivity index (χ0) is 14.0. The van der Waals surface area contributed by atoms with Crippen molar-refractivity contribution in [2.24, 2.45) is 0 Å². The van der Waals surface area contributed by atoms with E-state index in [9.17, 15) is 13.6 Å². The van der Waals surface area contributed by atoms with E-state index in [-0.39, 0.29) is 17.5 Å². The Labute approximate surface area is 109 Å². The molecule has 0 bridgehead atoms. The first-order chi connectivity index (χ1) is 9.02. The zero-order valence-electron chi connectivity index (χ0n) is 10.5. The highest BCUT2D eigenvalue weighted by Gasteiger charge is 2.29. The second-order valence-electron chi connectivity index (χ2n) is 4.57. The summed E-state index contributed by atoms with van der Waals surface area (Å²) in [5.74, 6) is -2.75. The van der Waals surface area contributed by atoms with Crippen LogP contribution < -0.4 is 4.74 Å². The van der Waals surface area contributed by atoms with Gasteiger partial charge in [0.1, 0.15) is 0 Å². The van der Waals surface area contributed by atoms with Crippen LogP contribution in [0.3, 0.4) is 0 Å². The van der Waals surface area contributed by atoms with Gasteiger partial charge in [0.2, 0.25) is 0 Å². The summed E-state index contributed by atoms with van der Waals surface area (Å²) in [5.41, 5.74) is 0.115. The van der Waals surface area contributed by atoms with Crippen molar-refractivity contribution in [3.05, 3.63) is 29.3 Å². The number of amides is 1. The summed E-state index contributed by atoms with van der Waals surface area (Å²) in [4.78, 5) is 13.2. The zero-order valence-corrected chi connectivity index (χ0v) is 10.5. The molecule has 19 heavy (non-hydrogen) atoms. The van der Waals surface area contributed by atoms with Crippen molar-refractivity contribution in [3.8, 4) is 5.75 Å². The van der Waals surface area contributed by atoms with Crippen LogP contribution in [0.5, 0.6) is 5.75 Å². The lowest BCUT2D eigenvalue weighted by molar-refractivity contribution is -0.132. The second kappa shape index (κ2) is 5.52. The Hall–Kier alpha value is -1.69. The van der Waals surface area contributed by atoms with Gasteiger partial charge in [-0.05, 0) is 30.5 Å². The van der Waals surface area contributed by atoms with Crippen molar-refractivity contribution in [3.63, 3.8) is 0 Å². The van der Waals surface area contributed by atoms with E-state index in [0.717, 1.165) is 25.0 Å². The van der Waals surface area contributed by atoms with Gasteiger partial charge in [0, 0.05) is 13.1 Å². The monoisotopic (exact) mass is 271 g/mol. The Bertz CT molecular complexity index is 466. The quantitative estimate of drug-likeness (QED) is 0.882. The summed E-state index contributed by atoms with van der Waals surface area (Å²) in [6, 6.07) is 2.18. The third kappa shape index (κ3) is 3.20. The maximum atomic E-state index is 13.5. The van der Waals surface area contributed by atoms with Crippen LogP contribution in [0, 0.1) is 11.6 Å². The lowest BCUT2D eigenvalue weighted by Gasteiger charge is -2.17. The van der Waals surface area contributed by atoms with Crippen LogP contribution in [0.2, 0.25) is 0 Å². The van der Waals surface area contributed by atoms with E-state index in [1.807, 2.05) is 0 Å². The molecule has 1 saturated carbocycles. The van der Waals surface area contributed by atoms with Crippen molar-refractivity contribution >= 4 is 5.91 Å². The van der Waals surface area contributed by atoms with Gasteiger partial charge in [0.05, 0.1) is 6.61 Å². The molecule has 1 aromatic rings. The van der Waals surface area contributed by atoms with Gasteiger partial charge in [0.15, 0.2) is 24.0 Å². The van der Waals surface area contributed by atoms with E-state index in [4.69, 9.17) is 9.84 Å². The van der Waals surface area contributed by atoms with E-state index in [1.54, 1.807) is 7.05 Å². The van der Waals surface area contributed by atoms with Crippen LogP contribution >= 0.6 is 0 Å². The lowest BCUT2D eigenvalue weighted by atomic mass is 10.2. The molecule has 1 aliphatic rings. The summed E-state index contributed by atoms with van der Waals surface area (Å²) in [6.45, 7) is -0.864. The van der Waals surface area contributed by atoms with Crippen molar-refractivity contribution in [1.82, 2.24) is 4.90 Å². The highest BCUT2D eigenvalue weighted by atomic mass is 19.1. The Kier molecular flexibility index (Phi) is 3.99. The SMILES string of the molecule is CN(C(=O)COc1c(F)cc(CO)cc1F)C1CC1. The molecule has 4 nitrogen and oxygen atoms in total. The first kappa shape index (κ1) is 13.7. The molecule has 1 amide bonds. The molecule has 0 aromatic heterocycles. The fourth-order valence-corrected chi connectivity index (χ4v) is 1.74. The number of hydrogen-bond acceptors (Lipinski definition) is 3. The van der Waals surface area contributed by atoms with Crippen molar-refractivity contribution < 1.29 is 23.4 Å². The molecule has 104 valence electrons. The van der Waals surface area contributed by atoms with Gasteiger partial charge in [0.25, 0.3) is 5.91 Å². The van der Waals surface area contributed by atoms with Crippen LogP contribution in [0.1, 0.15) is 18.4 Å². The summed E-state index contributed by atoms with van der Waals surface area (Å²) in [6.07, 6.45) is 1.91. The molecule has 1 aliphatic carbocycles. The molecule has 1 aromatic carbocycles. The fraction of sp³-hybridized carbons (Fsp3) is 0.462. The summed E-state index contributed by atoms with van der Waals surface area (Å²) in [7, 11) is 1.64. The van der Waals surface area contributed by atoms with Crippen LogP contribution in [-0.4, -0.2) is 35.6 Å². The number of likely N-dealkylation sites (N-methyl/N-ethyl adjacent to an activating group) is 1. The molecular weight excluding hydrogens is 256 g/mol. The Morgan fingerprint density at radius 1 is 1.42 bits per heavy atom. The first-order valence-corrected chi connectivity index (χ1v) is 6.00. The Morgan fingerprint density at radius 3 is 2.47 bits per heavy atom. The molecule has 0 atom stereocenters. The van der Waals surface area contributed by atoms with E-state index in [2.05, 4.69) is 0 Å². The highest BCUT2D eigenvalue weighted by molar-refractivity contribution is 5.78. The van der Waals surface area contributed by atoms with Gasteiger partial charge in [-0.2, -0.15) is 0 Å². The Balaban J connectivity index is 2.00. The van der Waals surface area contributed by atoms with Crippen molar-refractivity contribution in [1.29, 1.82) is 0 Å². The molecule has 6 heteroatoms. The normalized spacial score (nSPS) is 14.3. The van der Waals surface area contributed by atoms with Gasteiger partial charge in [-0.3, -0.25) is 4.79 Å². The average molecular weight is 271 g/mol. The molecular formula is C13H15F2NO3. The minimum absolute atomic E-state index is 0.115. The number of nitrogens with zero attached hydrogens (tertiary/aromatic N) is 1. The molecule has 0 saturated heterocycles.